The molecule has 6 heteroatoms. The topological polar surface area (TPSA) is 48.1 Å². The number of fused-ring (bicyclic) bond motifs is 2. The number of ether oxygens (including phenoxy) is 1. The average molecular weight is 363 g/mol. The standard InChI is InChI=1S/C21H25N5O/c1-24-10-15(8-23-24)11-25-12-17-7-21-22-9-20(26(21)14-18(17)13-25)16-3-5-19(27-2)6-4-16/h3-6,8-10,17-18H,7,11-14H2,1-2H3. The number of benzene rings is 1. The van der Waals surface area contributed by atoms with Crippen LogP contribution in [-0.2, 0) is 26.6 Å². The van der Waals surface area contributed by atoms with Gasteiger partial charge in [-0.25, -0.2) is 4.98 Å². The number of methoxy groups -OCH3 is 1. The van der Waals surface area contributed by atoms with Crippen molar-refractivity contribution in [1.29, 1.82) is 0 Å². The molecule has 2 atom stereocenters. The lowest BCUT2D eigenvalue weighted by atomic mass is 9.89. The molecule has 2 aliphatic rings. The number of hydrogen-bond acceptors (Lipinski definition) is 4. The predicted molar refractivity (Wildman–Crippen MR) is 103 cm³/mol. The number of nitrogens with zero attached hydrogens (tertiary/aromatic N) is 5. The minimum atomic E-state index is 0.695. The van der Waals surface area contributed by atoms with Gasteiger partial charge in [-0.15, -0.1) is 0 Å². The molecule has 2 aromatic heterocycles. The molecule has 5 rings (SSSR count). The van der Waals surface area contributed by atoms with E-state index < -0.39 is 0 Å². The van der Waals surface area contributed by atoms with Crippen molar-refractivity contribution in [2.75, 3.05) is 20.2 Å². The quantitative estimate of drug-likeness (QED) is 0.715. The molecular formula is C21H25N5O. The van der Waals surface area contributed by atoms with Gasteiger partial charge in [0.2, 0.25) is 0 Å². The van der Waals surface area contributed by atoms with Crippen LogP contribution in [0.15, 0.2) is 42.9 Å². The highest BCUT2D eigenvalue weighted by atomic mass is 16.5. The maximum absolute atomic E-state index is 5.28. The van der Waals surface area contributed by atoms with E-state index in [1.54, 1.807) is 7.11 Å². The predicted octanol–water partition coefficient (Wildman–Crippen LogP) is 2.60. The van der Waals surface area contributed by atoms with Crippen molar-refractivity contribution >= 4 is 0 Å². The van der Waals surface area contributed by atoms with Crippen molar-refractivity contribution in [3.63, 3.8) is 0 Å². The molecule has 1 saturated heterocycles. The Bertz CT molecular complexity index is 942. The molecule has 0 N–H and O–H groups in total. The van der Waals surface area contributed by atoms with Gasteiger partial charge in [-0.1, -0.05) is 0 Å². The summed E-state index contributed by atoms with van der Waals surface area (Å²) in [6.45, 7) is 4.36. The van der Waals surface area contributed by atoms with Gasteiger partial charge in [0.15, 0.2) is 0 Å². The fraction of sp³-hybridized carbons (Fsp3) is 0.429. The first-order valence-corrected chi connectivity index (χ1v) is 9.58. The molecule has 0 bridgehead atoms. The van der Waals surface area contributed by atoms with E-state index >= 15 is 0 Å². The van der Waals surface area contributed by atoms with Crippen LogP contribution in [-0.4, -0.2) is 44.4 Å². The van der Waals surface area contributed by atoms with E-state index in [9.17, 15) is 0 Å². The largest absolute Gasteiger partial charge is 0.497 e. The fourth-order valence-electron chi connectivity index (χ4n) is 4.66. The van der Waals surface area contributed by atoms with Gasteiger partial charge in [0.1, 0.15) is 11.6 Å². The van der Waals surface area contributed by atoms with E-state index in [4.69, 9.17) is 9.72 Å². The summed E-state index contributed by atoms with van der Waals surface area (Å²) < 4.78 is 9.60. The molecule has 27 heavy (non-hydrogen) atoms. The lowest BCUT2D eigenvalue weighted by molar-refractivity contribution is 0.307. The summed E-state index contributed by atoms with van der Waals surface area (Å²) in [5.74, 6) is 3.52. The van der Waals surface area contributed by atoms with Crippen molar-refractivity contribution in [1.82, 2.24) is 24.2 Å². The number of aryl methyl sites for hydroxylation is 1. The smallest absolute Gasteiger partial charge is 0.118 e. The van der Waals surface area contributed by atoms with Crippen molar-refractivity contribution in [3.05, 3.63) is 54.2 Å². The molecular weight excluding hydrogens is 338 g/mol. The van der Waals surface area contributed by atoms with Crippen LogP contribution in [0.1, 0.15) is 11.4 Å². The van der Waals surface area contributed by atoms with Gasteiger partial charge in [-0.3, -0.25) is 9.58 Å². The second-order valence-electron chi connectivity index (χ2n) is 7.84. The lowest BCUT2D eigenvalue weighted by Gasteiger charge is -2.27. The molecule has 1 fully saturated rings. The van der Waals surface area contributed by atoms with E-state index in [0.717, 1.165) is 38.3 Å². The summed E-state index contributed by atoms with van der Waals surface area (Å²) >= 11 is 0. The SMILES string of the molecule is COc1ccc(-c2cnc3n2CC2CN(Cc4cnn(C)c4)CC2C3)cc1. The Morgan fingerprint density at radius 1 is 1.07 bits per heavy atom. The van der Waals surface area contributed by atoms with Crippen LogP contribution in [0, 0.1) is 11.8 Å². The Hall–Kier alpha value is -2.60. The lowest BCUT2D eigenvalue weighted by Crippen LogP contribution is -2.28. The van der Waals surface area contributed by atoms with Crippen LogP contribution < -0.4 is 4.74 Å². The Balaban J connectivity index is 1.33. The maximum atomic E-state index is 5.28. The first-order valence-electron chi connectivity index (χ1n) is 9.58. The van der Waals surface area contributed by atoms with Crippen molar-refractivity contribution in [2.24, 2.45) is 18.9 Å². The Morgan fingerprint density at radius 3 is 2.63 bits per heavy atom. The van der Waals surface area contributed by atoms with Crippen LogP contribution in [0.4, 0.5) is 0 Å². The minimum absolute atomic E-state index is 0.695. The molecule has 4 heterocycles. The van der Waals surface area contributed by atoms with Gasteiger partial charge in [0.05, 0.1) is 25.2 Å². The third kappa shape index (κ3) is 3.04. The molecule has 140 valence electrons. The first kappa shape index (κ1) is 16.6. The summed E-state index contributed by atoms with van der Waals surface area (Å²) in [4.78, 5) is 7.32. The average Bonchev–Trinajstić information content (AvgIpc) is 3.38. The van der Waals surface area contributed by atoms with E-state index in [-0.39, 0.29) is 0 Å². The Morgan fingerprint density at radius 2 is 1.89 bits per heavy atom. The zero-order chi connectivity index (χ0) is 18.4. The number of aromatic nitrogens is 4. The summed E-state index contributed by atoms with van der Waals surface area (Å²) in [7, 11) is 3.68. The van der Waals surface area contributed by atoms with E-state index in [0.29, 0.717) is 11.8 Å². The van der Waals surface area contributed by atoms with Crippen LogP contribution >= 0.6 is 0 Å². The summed E-state index contributed by atoms with van der Waals surface area (Å²) in [6, 6.07) is 8.29. The first-order chi connectivity index (χ1) is 13.2. The zero-order valence-electron chi connectivity index (χ0n) is 15.9. The molecule has 0 radical (unpaired) electrons. The molecule has 0 spiro atoms. The minimum Gasteiger partial charge on any atom is -0.497 e. The highest BCUT2D eigenvalue weighted by Gasteiger charge is 2.37. The van der Waals surface area contributed by atoms with Crippen molar-refractivity contribution in [2.45, 2.75) is 19.5 Å². The van der Waals surface area contributed by atoms with E-state index in [1.807, 2.05) is 36.3 Å². The van der Waals surface area contributed by atoms with E-state index in [2.05, 4.69) is 32.9 Å². The zero-order valence-corrected chi connectivity index (χ0v) is 15.9. The highest BCUT2D eigenvalue weighted by molar-refractivity contribution is 5.60. The molecule has 0 amide bonds. The second-order valence-corrected chi connectivity index (χ2v) is 7.84. The van der Waals surface area contributed by atoms with Gasteiger partial charge in [0, 0.05) is 57.0 Å². The van der Waals surface area contributed by atoms with Crippen LogP contribution in [0.25, 0.3) is 11.3 Å². The molecule has 2 aliphatic heterocycles. The number of rotatable bonds is 4. The molecule has 1 aromatic carbocycles. The van der Waals surface area contributed by atoms with Crippen LogP contribution in [0.2, 0.25) is 0 Å². The van der Waals surface area contributed by atoms with Gasteiger partial charge < -0.3 is 9.30 Å². The van der Waals surface area contributed by atoms with Crippen molar-refractivity contribution < 1.29 is 4.74 Å². The van der Waals surface area contributed by atoms with Crippen LogP contribution in [0.3, 0.4) is 0 Å². The molecule has 6 nitrogen and oxygen atoms in total. The van der Waals surface area contributed by atoms with Gasteiger partial charge in [0.25, 0.3) is 0 Å². The van der Waals surface area contributed by atoms with Gasteiger partial charge in [-0.05, 0) is 36.1 Å². The molecule has 2 unspecified atom stereocenters. The summed E-state index contributed by atoms with van der Waals surface area (Å²) in [5, 5.41) is 4.30. The number of hydrogen-bond donors (Lipinski definition) is 0. The Labute approximate surface area is 159 Å². The van der Waals surface area contributed by atoms with Gasteiger partial charge in [-0.2, -0.15) is 5.10 Å². The second kappa shape index (κ2) is 6.53. The third-order valence-electron chi connectivity index (χ3n) is 6.00. The van der Waals surface area contributed by atoms with Crippen molar-refractivity contribution in [3.8, 4) is 17.0 Å². The normalized spacial score (nSPS) is 21.9. The summed E-state index contributed by atoms with van der Waals surface area (Å²) in [5.41, 5.74) is 3.72. The highest BCUT2D eigenvalue weighted by Crippen LogP contribution is 2.36. The number of imidazole rings is 1. The summed E-state index contributed by atoms with van der Waals surface area (Å²) in [6.07, 6.45) is 7.21. The third-order valence-corrected chi connectivity index (χ3v) is 6.00. The number of likely N-dealkylation sites (tertiary alicyclic amines) is 1. The van der Waals surface area contributed by atoms with E-state index in [1.165, 1.54) is 22.6 Å². The maximum Gasteiger partial charge on any atom is 0.118 e. The molecule has 3 aromatic rings. The molecule has 0 saturated carbocycles. The van der Waals surface area contributed by atoms with Gasteiger partial charge >= 0.3 is 0 Å². The van der Waals surface area contributed by atoms with Crippen LogP contribution in [0.5, 0.6) is 5.75 Å². The fourth-order valence-corrected chi connectivity index (χ4v) is 4.66. The molecule has 0 aliphatic carbocycles. The Kier molecular flexibility index (Phi) is 4.01. The monoisotopic (exact) mass is 363 g/mol.